The van der Waals surface area contributed by atoms with E-state index in [0.717, 1.165) is 5.56 Å². The van der Waals surface area contributed by atoms with Crippen LogP contribution in [0, 0.1) is 11.8 Å². The fourth-order valence-electron chi connectivity index (χ4n) is 3.60. The number of ether oxygens (including phenoxy) is 2. The Balaban J connectivity index is 1.31. The summed E-state index contributed by atoms with van der Waals surface area (Å²) in [6.45, 7) is 0.256. The fourth-order valence-corrected chi connectivity index (χ4v) is 3.60. The van der Waals surface area contributed by atoms with Gasteiger partial charge in [-0.15, -0.1) is 0 Å². The third-order valence-corrected chi connectivity index (χ3v) is 4.78. The highest BCUT2D eigenvalue weighted by Gasteiger charge is 2.60. The molecule has 2 fully saturated rings. The summed E-state index contributed by atoms with van der Waals surface area (Å²) in [6.07, 6.45) is 3.09. The van der Waals surface area contributed by atoms with Crippen LogP contribution >= 0.6 is 0 Å². The first-order chi connectivity index (χ1) is 11.6. The second-order valence-electron chi connectivity index (χ2n) is 6.23. The minimum Gasteiger partial charge on any atom is -0.461 e. The van der Waals surface area contributed by atoms with Crippen LogP contribution in [-0.4, -0.2) is 41.4 Å². The van der Waals surface area contributed by atoms with Gasteiger partial charge in [0.15, 0.2) is 0 Å². The molecule has 0 aromatic heterocycles. The van der Waals surface area contributed by atoms with Crippen molar-refractivity contribution in [3.8, 4) is 0 Å². The number of likely N-dealkylation sites (tertiary alicyclic amines) is 1. The van der Waals surface area contributed by atoms with Crippen LogP contribution in [0.25, 0.3) is 0 Å². The minimum atomic E-state index is -0.423. The highest BCUT2D eigenvalue weighted by Crippen LogP contribution is 2.44. The Morgan fingerprint density at radius 2 is 1.67 bits per heavy atom. The number of nitrogens with zero attached hydrogens (tertiary/aromatic N) is 1. The molecule has 2 bridgehead atoms. The fraction of sp³-hybridized carbons (Fsp3) is 0.389. The minimum absolute atomic E-state index is 0.00731. The Bertz CT molecular complexity index is 683. The second-order valence-corrected chi connectivity index (χ2v) is 6.23. The van der Waals surface area contributed by atoms with Gasteiger partial charge in [-0.25, -0.2) is 0 Å². The normalized spacial score (nSPS) is 30.1. The highest BCUT2D eigenvalue weighted by molar-refractivity contribution is 6.06. The Morgan fingerprint density at radius 1 is 1.04 bits per heavy atom. The van der Waals surface area contributed by atoms with Crippen LogP contribution in [0.3, 0.4) is 0 Å². The molecule has 0 aliphatic carbocycles. The van der Waals surface area contributed by atoms with Crippen molar-refractivity contribution in [2.45, 2.75) is 25.2 Å². The lowest BCUT2D eigenvalue weighted by Crippen LogP contribution is -2.36. The van der Waals surface area contributed by atoms with Crippen molar-refractivity contribution in [1.29, 1.82) is 0 Å². The summed E-state index contributed by atoms with van der Waals surface area (Å²) in [5, 5.41) is 0. The molecule has 3 aliphatic heterocycles. The number of benzene rings is 1. The van der Waals surface area contributed by atoms with Crippen molar-refractivity contribution in [2.24, 2.45) is 11.8 Å². The van der Waals surface area contributed by atoms with E-state index in [0.29, 0.717) is 0 Å². The number of fused-ring (bicyclic) bond motifs is 5. The summed E-state index contributed by atoms with van der Waals surface area (Å²) in [4.78, 5) is 37.9. The molecule has 1 aromatic rings. The van der Waals surface area contributed by atoms with E-state index in [-0.39, 0.29) is 43.6 Å². The molecule has 3 heterocycles. The number of carbonyl (C=O) groups excluding carboxylic acids is 3. The van der Waals surface area contributed by atoms with Crippen molar-refractivity contribution in [3.05, 3.63) is 48.0 Å². The number of esters is 1. The van der Waals surface area contributed by atoms with Gasteiger partial charge >= 0.3 is 5.97 Å². The summed E-state index contributed by atoms with van der Waals surface area (Å²) in [5.41, 5.74) is 0.897. The van der Waals surface area contributed by atoms with Crippen LogP contribution in [-0.2, 0) is 30.5 Å². The molecule has 0 N–H and O–H groups in total. The first-order valence-electron chi connectivity index (χ1n) is 8.04. The van der Waals surface area contributed by atoms with Crippen molar-refractivity contribution in [1.82, 2.24) is 4.90 Å². The summed E-state index contributed by atoms with van der Waals surface area (Å²) in [5.74, 6) is -1.75. The predicted molar refractivity (Wildman–Crippen MR) is 82.4 cm³/mol. The van der Waals surface area contributed by atoms with Crippen LogP contribution in [0.1, 0.15) is 12.0 Å². The second kappa shape index (κ2) is 5.87. The van der Waals surface area contributed by atoms with Crippen molar-refractivity contribution in [3.63, 3.8) is 0 Å². The number of hydrogen-bond donors (Lipinski definition) is 0. The van der Waals surface area contributed by atoms with Crippen LogP contribution in [0.2, 0.25) is 0 Å². The van der Waals surface area contributed by atoms with Gasteiger partial charge in [0.1, 0.15) is 6.61 Å². The van der Waals surface area contributed by atoms with Gasteiger partial charge in [0.05, 0.1) is 30.5 Å². The Kier molecular flexibility index (Phi) is 3.69. The SMILES string of the molecule is O=C(CCN1C(=O)C2C3C=CC(O3)C2C1=O)OCc1ccccc1. The van der Waals surface area contributed by atoms with Crippen LogP contribution in [0.15, 0.2) is 42.5 Å². The van der Waals surface area contributed by atoms with E-state index in [9.17, 15) is 14.4 Å². The lowest BCUT2D eigenvalue weighted by atomic mass is 9.85. The zero-order chi connectivity index (χ0) is 16.7. The number of rotatable bonds is 5. The maximum atomic E-state index is 12.4. The maximum Gasteiger partial charge on any atom is 0.307 e. The molecule has 4 atom stereocenters. The standard InChI is InChI=1S/C18H17NO5/c20-14(23-10-11-4-2-1-3-5-11)8-9-19-17(21)15-12-6-7-13(24-12)16(15)18(19)22/h1-7,12-13,15-16H,8-10H2. The van der Waals surface area contributed by atoms with E-state index in [1.165, 1.54) is 4.90 Å². The average molecular weight is 327 g/mol. The molecular weight excluding hydrogens is 310 g/mol. The summed E-state index contributed by atoms with van der Waals surface area (Å²) in [7, 11) is 0. The van der Waals surface area contributed by atoms with Gasteiger partial charge in [0.2, 0.25) is 11.8 Å². The molecule has 6 nitrogen and oxygen atoms in total. The molecule has 1 aromatic carbocycles. The summed E-state index contributed by atoms with van der Waals surface area (Å²) < 4.78 is 10.8. The van der Waals surface area contributed by atoms with Gasteiger partial charge in [-0.3, -0.25) is 19.3 Å². The molecule has 2 amide bonds. The lowest BCUT2D eigenvalue weighted by Gasteiger charge is -2.17. The zero-order valence-electron chi connectivity index (χ0n) is 13.0. The number of carbonyl (C=O) groups is 3. The predicted octanol–water partition coefficient (Wildman–Crippen LogP) is 1.06. The summed E-state index contributed by atoms with van der Waals surface area (Å²) >= 11 is 0. The monoisotopic (exact) mass is 327 g/mol. The van der Waals surface area contributed by atoms with Crippen molar-refractivity contribution < 1.29 is 23.9 Å². The molecule has 0 spiro atoms. The third-order valence-electron chi connectivity index (χ3n) is 4.78. The molecule has 4 rings (SSSR count). The molecule has 2 saturated heterocycles. The van der Waals surface area contributed by atoms with E-state index >= 15 is 0 Å². The van der Waals surface area contributed by atoms with Crippen LogP contribution in [0.4, 0.5) is 0 Å². The first-order valence-corrected chi connectivity index (χ1v) is 8.04. The molecule has 4 unspecified atom stereocenters. The van der Waals surface area contributed by atoms with E-state index < -0.39 is 17.8 Å². The average Bonchev–Trinajstić information content (AvgIpc) is 3.27. The summed E-state index contributed by atoms with van der Waals surface area (Å²) in [6, 6.07) is 9.36. The Morgan fingerprint density at radius 3 is 2.29 bits per heavy atom. The topological polar surface area (TPSA) is 72.9 Å². The van der Waals surface area contributed by atoms with Crippen LogP contribution in [0.5, 0.6) is 0 Å². The van der Waals surface area contributed by atoms with Gasteiger partial charge in [-0.1, -0.05) is 42.5 Å². The van der Waals surface area contributed by atoms with Gasteiger partial charge in [-0.05, 0) is 5.56 Å². The molecule has 0 radical (unpaired) electrons. The quantitative estimate of drug-likeness (QED) is 0.459. The van der Waals surface area contributed by atoms with E-state index in [1.807, 2.05) is 42.5 Å². The smallest absolute Gasteiger partial charge is 0.307 e. The maximum absolute atomic E-state index is 12.4. The van der Waals surface area contributed by atoms with Gasteiger partial charge in [0, 0.05) is 6.54 Å². The zero-order valence-corrected chi connectivity index (χ0v) is 13.0. The third kappa shape index (κ3) is 2.43. The van der Waals surface area contributed by atoms with E-state index in [1.54, 1.807) is 0 Å². The first kappa shape index (κ1) is 15.1. The van der Waals surface area contributed by atoms with E-state index in [4.69, 9.17) is 9.47 Å². The molecule has 6 heteroatoms. The van der Waals surface area contributed by atoms with Gasteiger partial charge in [0.25, 0.3) is 0 Å². The van der Waals surface area contributed by atoms with Gasteiger partial charge in [-0.2, -0.15) is 0 Å². The molecule has 0 saturated carbocycles. The van der Waals surface area contributed by atoms with Crippen molar-refractivity contribution in [2.75, 3.05) is 6.54 Å². The molecule has 124 valence electrons. The van der Waals surface area contributed by atoms with Crippen molar-refractivity contribution >= 4 is 17.8 Å². The Labute approximate surface area is 139 Å². The molecule has 24 heavy (non-hydrogen) atoms. The van der Waals surface area contributed by atoms with E-state index in [2.05, 4.69) is 0 Å². The molecule has 3 aliphatic rings. The number of hydrogen-bond acceptors (Lipinski definition) is 5. The number of imide groups is 1. The Hall–Kier alpha value is -2.47. The lowest BCUT2D eigenvalue weighted by molar-refractivity contribution is -0.147. The van der Waals surface area contributed by atoms with Crippen LogP contribution < -0.4 is 0 Å². The van der Waals surface area contributed by atoms with Gasteiger partial charge < -0.3 is 9.47 Å². The highest BCUT2D eigenvalue weighted by atomic mass is 16.5. The molecular formula is C18H17NO5. The largest absolute Gasteiger partial charge is 0.461 e. The number of amides is 2.